The van der Waals surface area contributed by atoms with E-state index >= 15 is 0 Å². The Hall–Kier alpha value is -3.37. The van der Waals surface area contributed by atoms with Crippen molar-refractivity contribution in [3.05, 3.63) is 94.6 Å². The molecular formula is C31H36O4. The minimum Gasteiger partial charge on any atom is -0.493 e. The highest BCUT2D eigenvalue weighted by Gasteiger charge is 2.28. The van der Waals surface area contributed by atoms with Gasteiger partial charge in [-0.25, -0.2) is 4.79 Å². The van der Waals surface area contributed by atoms with Gasteiger partial charge in [-0.05, 0) is 64.3 Å². The van der Waals surface area contributed by atoms with E-state index in [0.717, 1.165) is 39.1 Å². The third kappa shape index (κ3) is 6.40. The van der Waals surface area contributed by atoms with Crippen LogP contribution in [0.5, 0.6) is 5.75 Å². The number of benzene rings is 3. The van der Waals surface area contributed by atoms with Gasteiger partial charge in [-0.2, -0.15) is 0 Å². The van der Waals surface area contributed by atoms with Gasteiger partial charge in [0.15, 0.2) is 0 Å². The zero-order valence-electron chi connectivity index (χ0n) is 21.5. The normalized spacial score (nSPS) is 12.8. The topological polar surface area (TPSA) is 66.8 Å². The average molecular weight is 473 g/mol. The van der Waals surface area contributed by atoms with E-state index < -0.39 is 12.1 Å². The molecular weight excluding hydrogens is 436 g/mol. The maximum absolute atomic E-state index is 11.2. The van der Waals surface area contributed by atoms with Crippen molar-refractivity contribution >= 4 is 12.0 Å². The number of hydrogen-bond acceptors (Lipinski definition) is 3. The Balaban J connectivity index is 2.12. The number of hydrogen-bond donors (Lipinski definition) is 2. The molecule has 0 saturated heterocycles. The molecule has 0 radical (unpaired) electrons. The molecule has 0 saturated carbocycles. The Bertz CT molecular complexity index is 1180. The van der Waals surface area contributed by atoms with Crippen LogP contribution in [0.4, 0.5) is 0 Å². The number of aliphatic hydroxyl groups is 1. The molecule has 0 aliphatic rings. The lowest BCUT2D eigenvalue weighted by Gasteiger charge is -2.30. The van der Waals surface area contributed by atoms with E-state index in [1.165, 1.54) is 0 Å². The molecule has 0 spiro atoms. The fraction of sp³-hybridized carbons (Fsp3) is 0.323. The fourth-order valence-corrected chi connectivity index (χ4v) is 4.15. The number of carboxylic acids is 1. The summed E-state index contributed by atoms with van der Waals surface area (Å²) in [5.74, 6) is 0.239. The molecule has 4 heteroatoms. The van der Waals surface area contributed by atoms with Gasteiger partial charge in [0.2, 0.25) is 0 Å². The third-order valence-electron chi connectivity index (χ3n) is 5.91. The van der Waals surface area contributed by atoms with Crippen LogP contribution >= 0.6 is 0 Å². The van der Waals surface area contributed by atoms with E-state index in [4.69, 9.17) is 9.84 Å². The van der Waals surface area contributed by atoms with Crippen LogP contribution in [0.15, 0.2) is 66.7 Å². The van der Waals surface area contributed by atoms with Crippen molar-refractivity contribution < 1.29 is 19.7 Å². The minimum atomic E-state index is -0.961. The van der Waals surface area contributed by atoms with Crippen molar-refractivity contribution in [2.24, 2.45) is 5.92 Å². The average Bonchev–Trinajstić information content (AvgIpc) is 2.81. The summed E-state index contributed by atoms with van der Waals surface area (Å²) in [6.45, 7) is 13.4. The number of carboxylic acid groups (broad SMARTS) is 1. The van der Waals surface area contributed by atoms with Crippen molar-refractivity contribution in [1.29, 1.82) is 0 Å². The quantitative estimate of drug-likeness (QED) is 0.357. The standard InChI is InChI=1S/C31H36O4/c1-20(2)19-35-29-21(3)25(27(32)17-14-22-12-15-24(16-13-22)30(33)34)18-26(28(29)31(4,5)6)23-10-8-7-9-11-23/h7-18,20,27,32H,19H2,1-6H3,(H,33,34). The van der Waals surface area contributed by atoms with E-state index in [0.29, 0.717) is 12.5 Å². The highest BCUT2D eigenvalue weighted by atomic mass is 16.5. The van der Waals surface area contributed by atoms with Gasteiger partial charge in [-0.3, -0.25) is 0 Å². The summed E-state index contributed by atoms with van der Waals surface area (Å²) >= 11 is 0. The van der Waals surface area contributed by atoms with Crippen LogP contribution < -0.4 is 4.74 Å². The van der Waals surface area contributed by atoms with Gasteiger partial charge in [0.1, 0.15) is 5.75 Å². The fourth-order valence-electron chi connectivity index (χ4n) is 4.15. The third-order valence-corrected chi connectivity index (χ3v) is 5.91. The van der Waals surface area contributed by atoms with Crippen LogP contribution in [0.3, 0.4) is 0 Å². The first-order valence-electron chi connectivity index (χ1n) is 12.0. The van der Waals surface area contributed by atoms with Crippen molar-refractivity contribution in [2.75, 3.05) is 6.61 Å². The summed E-state index contributed by atoms with van der Waals surface area (Å²) in [5.41, 5.74) is 5.85. The molecule has 2 N–H and O–H groups in total. The zero-order chi connectivity index (χ0) is 25.8. The van der Waals surface area contributed by atoms with Gasteiger partial charge in [0, 0.05) is 5.56 Å². The summed E-state index contributed by atoms with van der Waals surface area (Å²) in [5, 5.41) is 20.3. The molecule has 0 aromatic heterocycles. The monoisotopic (exact) mass is 472 g/mol. The SMILES string of the molecule is Cc1c(C(O)C=Cc2ccc(C(=O)O)cc2)cc(-c2ccccc2)c(C(C)(C)C)c1OCC(C)C. The highest BCUT2D eigenvalue weighted by Crippen LogP contribution is 2.44. The van der Waals surface area contributed by atoms with Crippen LogP contribution in [-0.2, 0) is 5.41 Å². The maximum Gasteiger partial charge on any atom is 0.335 e. The number of rotatable bonds is 8. The molecule has 0 heterocycles. The lowest BCUT2D eigenvalue weighted by Crippen LogP contribution is -2.19. The molecule has 1 unspecified atom stereocenters. The summed E-state index contributed by atoms with van der Waals surface area (Å²) in [6, 6.07) is 18.9. The molecule has 1 atom stereocenters. The highest BCUT2D eigenvalue weighted by molar-refractivity contribution is 5.87. The second kappa shape index (κ2) is 10.9. The Kier molecular flexibility index (Phi) is 8.18. The van der Waals surface area contributed by atoms with E-state index in [-0.39, 0.29) is 11.0 Å². The molecule has 3 aromatic carbocycles. The molecule has 0 aliphatic carbocycles. The van der Waals surface area contributed by atoms with Gasteiger partial charge < -0.3 is 14.9 Å². The van der Waals surface area contributed by atoms with Crippen LogP contribution in [0.2, 0.25) is 0 Å². The number of aromatic carboxylic acids is 1. The minimum absolute atomic E-state index is 0.173. The molecule has 35 heavy (non-hydrogen) atoms. The smallest absolute Gasteiger partial charge is 0.335 e. The lowest BCUT2D eigenvalue weighted by atomic mass is 9.78. The van der Waals surface area contributed by atoms with Gasteiger partial charge in [-0.15, -0.1) is 0 Å². The predicted octanol–water partition coefficient (Wildman–Crippen LogP) is 7.44. The lowest BCUT2D eigenvalue weighted by molar-refractivity contribution is 0.0697. The molecule has 3 aromatic rings. The molecule has 0 fully saturated rings. The molecule has 184 valence electrons. The summed E-state index contributed by atoms with van der Waals surface area (Å²) in [6.07, 6.45) is 2.69. The molecule has 0 amide bonds. The first kappa shape index (κ1) is 26.2. The maximum atomic E-state index is 11.2. The molecule has 4 nitrogen and oxygen atoms in total. The van der Waals surface area contributed by atoms with E-state index in [2.05, 4.69) is 52.8 Å². The van der Waals surface area contributed by atoms with Gasteiger partial charge >= 0.3 is 5.97 Å². The van der Waals surface area contributed by atoms with Crippen molar-refractivity contribution in [3.8, 4) is 16.9 Å². The van der Waals surface area contributed by atoms with E-state index in [1.807, 2.05) is 31.2 Å². The Morgan fingerprint density at radius 1 is 1.03 bits per heavy atom. The summed E-state index contributed by atoms with van der Waals surface area (Å²) in [4.78, 5) is 11.1. The second-order valence-corrected chi connectivity index (χ2v) is 10.4. The first-order chi connectivity index (χ1) is 16.5. The van der Waals surface area contributed by atoms with Crippen molar-refractivity contribution in [1.82, 2.24) is 0 Å². The largest absolute Gasteiger partial charge is 0.493 e. The van der Waals surface area contributed by atoms with Crippen LogP contribution in [0, 0.1) is 12.8 Å². The zero-order valence-corrected chi connectivity index (χ0v) is 21.5. The van der Waals surface area contributed by atoms with E-state index in [9.17, 15) is 9.90 Å². The predicted molar refractivity (Wildman–Crippen MR) is 143 cm³/mol. The number of carbonyl (C=O) groups is 1. The van der Waals surface area contributed by atoms with Gasteiger partial charge in [0.05, 0.1) is 18.3 Å². The molecule has 0 aliphatic heterocycles. The van der Waals surface area contributed by atoms with Crippen LogP contribution in [-0.4, -0.2) is 22.8 Å². The summed E-state index contributed by atoms with van der Waals surface area (Å²) in [7, 11) is 0. The first-order valence-corrected chi connectivity index (χ1v) is 12.0. The van der Waals surface area contributed by atoms with Crippen LogP contribution in [0.1, 0.15) is 73.3 Å². The molecule has 0 bridgehead atoms. The Morgan fingerprint density at radius 3 is 2.20 bits per heavy atom. The van der Waals surface area contributed by atoms with Crippen LogP contribution in [0.25, 0.3) is 17.2 Å². The van der Waals surface area contributed by atoms with Crippen molar-refractivity contribution in [2.45, 2.75) is 53.1 Å². The van der Waals surface area contributed by atoms with Gasteiger partial charge in [-0.1, -0.05) is 89.2 Å². The molecule has 3 rings (SSSR count). The summed E-state index contributed by atoms with van der Waals surface area (Å²) < 4.78 is 6.42. The second-order valence-electron chi connectivity index (χ2n) is 10.4. The van der Waals surface area contributed by atoms with E-state index in [1.54, 1.807) is 30.3 Å². The Labute approximate surface area is 208 Å². The van der Waals surface area contributed by atoms with Gasteiger partial charge in [0.25, 0.3) is 0 Å². The Morgan fingerprint density at radius 2 is 1.66 bits per heavy atom. The number of aliphatic hydroxyl groups excluding tert-OH is 1. The number of ether oxygens (including phenoxy) is 1. The van der Waals surface area contributed by atoms with Crippen molar-refractivity contribution in [3.63, 3.8) is 0 Å².